The van der Waals surface area contributed by atoms with Crippen molar-refractivity contribution in [3.05, 3.63) is 45.9 Å². The summed E-state index contributed by atoms with van der Waals surface area (Å²) < 4.78 is 1.72. The molecule has 3 aromatic heterocycles. The highest BCUT2D eigenvalue weighted by atomic mass is 32.1. The van der Waals surface area contributed by atoms with Crippen LogP contribution in [0, 0.1) is 0 Å². The molecule has 3 heterocycles. The van der Waals surface area contributed by atoms with Crippen LogP contribution in [0.5, 0.6) is 0 Å². The van der Waals surface area contributed by atoms with Crippen LogP contribution < -0.4 is 0 Å². The van der Waals surface area contributed by atoms with E-state index >= 15 is 0 Å². The quantitative estimate of drug-likeness (QED) is 0.743. The zero-order valence-corrected chi connectivity index (χ0v) is 13.3. The number of thiazole rings is 1. The van der Waals surface area contributed by atoms with E-state index in [-0.39, 0.29) is 5.91 Å². The number of hydrogen-bond acceptors (Lipinski definition) is 5. The van der Waals surface area contributed by atoms with Gasteiger partial charge in [0.15, 0.2) is 0 Å². The summed E-state index contributed by atoms with van der Waals surface area (Å²) in [5, 5.41) is 10.8. The average Bonchev–Trinajstić information content (AvgIpc) is 3.17. The molecule has 0 spiro atoms. The summed E-state index contributed by atoms with van der Waals surface area (Å²) in [7, 11) is 3.65. The number of carbonyl (C=O) groups excluding carboxylic acids is 1. The molecule has 0 fully saturated rings. The molecule has 21 heavy (non-hydrogen) atoms. The van der Waals surface area contributed by atoms with Crippen molar-refractivity contribution in [2.75, 3.05) is 7.05 Å². The van der Waals surface area contributed by atoms with Gasteiger partial charge in [-0.05, 0) is 22.4 Å². The molecule has 1 amide bonds. The Balaban J connectivity index is 1.74. The molecule has 0 unspecified atom stereocenters. The first kappa shape index (κ1) is 14.0. The molecule has 108 valence electrons. The molecule has 0 aliphatic carbocycles. The molecule has 5 nitrogen and oxygen atoms in total. The van der Waals surface area contributed by atoms with Crippen LogP contribution in [0.15, 0.2) is 34.6 Å². The van der Waals surface area contributed by atoms with Gasteiger partial charge in [-0.3, -0.25) is 9.48 Å². The molecule has 0 bridgehead atoms. The number of thiophene rings is 1. The minimum Gasteiger partial charge on any atom is -0.336 e. The fourth-order valence-corrected chi connectivity index (χ4v) is 3.39. The van der Waals surface area contributed by atoms with E-state index in [1.165, 1.54) is 11.3 Å². The van der Waals surface area contributed by atoms with Gasteiger partial charge in [0.05, 0.1) is 6.20 Å². The molecule has 0 saturated carbocycles. The normalized spacial score (nSPS) is 10.8. The largest absolute Gasteiger partial charge is 0.336 e. The van der Waals surface area contributed by atoms with Crippen molar-refractivity contribution in [1.29, 1.82) is 0 Å². The van der Waals surface area contributed by atoms with E-state index in [0.29, 0.717) is 12.2 Å². The summed E-state index contributed by atoms with van der Waals surface area (Å²) in [6.07, 6.45) is 3.64. The predicted molar refractivity (Wildman–Crippen MR) is 84.4 cm³/mol. The Morgan fingerprint density at radius 2 is 2.29 bits per heavy atom. The van der Waals surface area contributed by atoms with Crippen LogP contribution in [0.1, 0.15) is 16.1 Å². The van der Waals surface area contributed by atoms with E-state index in [4.69, 9.17) is 0 Å². The van der Waals surface area contributed by atoms with Gasteiger partial charge in [0.1, 0.15) is 10.7 Å². The van der Waals surface area contributed by atoms with E-state index in [1.54, 1.807) is 39.5 Å². The highest BCUT2D eigenvalue weighted by Crippen LogP contribution is 2.23. The third-order valence-electron chi connectivity index (χ3n) is 3.02. The van der Waals surface area contributed by atoms with Crippen molar-refractivity contribution in [1.82, 2.24) is 19.7 Å². The van der Waals surface area contributed by atoms with Gasteiger partial charge in [-0.2, -0.15) is 16.4 Å². The van der Waals surface area contributed by atoms with Crippen molar-refractivity contribution in [3.63, 3.8) is 0 Å². The first-order chi connectivity index (χ1) is 10.1. The van der Waals surface area contributed by atoms with Gasteiger partial charge in [-0.25, -0.2) is 4.98 Å². The Morgan fingerprint density at radius 3 is 2.95 bits per heavy atom. The summed E-state index contributed by atoms with van der Waals surface area (Å²) >= 11 is 3.09. The lowest BCUT2D eigenvalue weighted by molar-refractivity contribution is 0.0780. The summed E-state index contributed by atoms with van der Waals surface area (Å²) in [6.45, 7) is 0.599. The molecular weight excluding hydrogens is 304 g/mol. The summed E-state index contributed by atoms with van der Waals surface area (Å²) in [4.78, 5) is 18.5. The molecule has 0 aromatic carbocycles. The zero-order valence-electron chi connectivity index (χ0n) is 11.7. The maximum atomic E-state index is 12.4. The minimum atomic E-state index is -0.0624. The second-order valence-corrected chi connectivity index (χ2v) is 6.37. The maximum absolute atomic E-state index is 12.4. The highest BCUT2D eigenvalue weighted by molar-refractivity contribution is 7.13. The molecule has 0 radical (unpaired) electrons. The number of nitrogens with zero attached hydrogens (tertiary/aromatic N) is 4. The zero-order chi connectivity index (χ0) is 14.8. The van der Waals surface area contributed by atoms with Crippen LogP contribution >= 0.6 is 22.7 Å². The highest BCUT2D eigenvalue weighted by Gasteiger charge is 2.17. The molecule has 3 rings (SSSR count). The monoisotopic (exact) mass is 318 g/mol. The fraction of sp³-hybridized carbons (Fsp3) is 0.214. The number of carbonyl (C=O) groups is 1. The second-order valence-electron chi connectivity index (χ2n) is 4.73. The topological polar surface area (TPSA) is 51.0 Å². The smallest absolute Gasteiger partial charge is 0.273 e. The van der Waals surface area contributed by atoms with Gasteiger partial charge in [0.2, 0.25) is 0 Å². The van der Waals surface area contributed by atoms with Gasteiger partial charge in [-0.15, -0.1) is 11.3 Å². The van der Waals surface area contributed by atoms with Crippen molar-refractivity contribution in [2.45, 2.75) is 6.54 Å². The van der Waals surface area contributed by atoms with Crippen molar-refractivity contribution < 1.29 is 4.79 Å². The van der Waals surface area contributed by atoms with E-state index in [0.717, 1.165) is 16.1 Å². The lowest BCUT2D eigenvalue weighted by Crippen LogP contribution is -2.26. The van der Waals surface area contributed by atoms with Crippen LogP contribution in [0.3, 0.4) is 0 Å². The lowest BCUT2D eigenvalue weighted by Gasteiger charge is -2.14. The van der Waals surface area contributed by atoms with E-state index in [1.807, 2.05) is 30.1 Å². The number of amides is 1. The SMILES string of the molecule is CN(Cc1ccsc1)C(=O)c1csc(-c2cnn(C)c2)n1. The first-order valence-corrected chi connectivity index (χ1v) is 8.17. The van der Waals surface area contributed by atoms with Gasteiger partial charge < -0.3 is 4.90 Å². The van der Waals surface area contributed by atoms with Gasteiger partial charge >= 0.3 is 0 Å². The number of hydrogen-bond donors (Lipinski definition) is 0. The molecule has 0 N–H and O–H groups in total. The van der Waals surface area contributed by atoms with Gasteiger partial charge in [-0.1, -0.05) is 0 Å². The Labute approximate surface area is 130 Å². The first-order valence-electron chi connectivity index (χ1n) is 6.34. The third-order valence-corrected chi connectivity index (χ3v) is 4.65. The number of rotatable bonds is 4. The van der Waals surface area contributed by atoms with Gasteiger partial charge in [0, 0.05) is 37.8 Å². The Morgan fingerprint density at radius 1 is 1.43 bits per heavy atom. The summed E-state index contributed by atoms with van der Waals surface area (Å²) in [5.41, 5.74) is 2.55. The van der Waals surface area contributed by atoms with E-state index in [2.05, 4.69) is 10.1 Å². The molecular formula is C14H14N4OS2. The maximum Gasteiger partial charge on any atom is 0.273 e. The van der Waals surface area contributed by atoms with Gasteiger partial charge in [0.25, 0.3) is 5.91 Å². The van der Waals surface area contributed by atoms with E-state index < -0.39 is 0 Å². The second kappa shape index (κ2) is 5.79. The predicted octanol–water partition coefficient (Wildman–Crippen LogP) is 2.88. The van der Waals surface area contributed by atoms with Crippen LogP contribution in [0.4, 0.5) is 0 Å². The van der Waals surface area contributed by atoms with Crippen LogP contribution in [0.2, 0.25) is 0 Å². The average molecular weight is 318 g/mol. The minimum absolute atomic E-state index is 0.0624. The van der Waals surface area contributed by atoms with E-state index in [9.17, 15) is 4.79 Å². The molecule has 7 heteroatoms. The number of aryl methyl sites for hydroxylation is 1. The number of aromatic nitrogens is 3. The lowest BCUT2D eigenvalue weighted by atomic mass is 10.3. The summed E-state index contributed by atoms with van der Waals surface area (Å²) in [5.74, 6) is -0.0624. The molecule has 0 saturated heterocycles. The fourth-order valence-electron chi connectivity index (χ4n) is 1.96. The van der Waals surface area contributed by atoms with Crippen molar-refractivity contribution in [2.24, 2.45) is 7.05 Å². The van der Waals surface area contributed by atoms with Crippen LogP contribution in [0.25, 0.3) is 10.6 Å². The molecule has 3 aromatic rings. The van der Waals surface area contributed by atoms with Crippen molar-refractivity contribution >= 4 is 28.6 Å². The molecule has 0 atom stereocenters. The van der Waals surface area contributed by atoms with Crippen LogP contribution in [-0.2, 0) is 13.6 Å². The molecule has 0 aliphatic heterocycles. The Hall–Kier alpha value is -1.99. The van der Waals surface area contributed by atoms with Crippen LogP contribution in [-0.4, -0.2) is 32.6 Å². The standard InChI is InChI=1S/C14H14N4OS2/c1-17(6-10-3-4-20-8-10)14(19)12-9-21-13(16-12)11-5-15-18(2)7-11/h3-5,7-9H,6H2,1-2H3. The third kappa shape index (κ3) is 3.03. The summed E-state index contributed by atoms with van der Waals surface area (Å²) in [6, 6.07) is 2.02. The Bertz CT molecular complexity index is 745. The Kier molecular flexibility index (Phi) is 3.85. The van der Waals surface area contributed by atoms with Crippen molar-refractivity contribution in [3.8, 4) is 10.6 Å². The molecule has 0 aliphatic rings.